The van der Waals surface area contributed by atoms with Gasteiger partial charge in [-0.1, -0.05) is 38.5 Å². The molecule has 0 aliphatic carbocycles. The van der Waals surface area contributed by atoms with Crippen molar-refractivity contribution in [3.63, 3.8) is 0 Å². The molecule has 33 heavy (non-hydrogen) atoms. The molecular weight excluding hydrogens is 413 g/mol. The van der Waals surface area contributed by atoms with Gasteiger partial charge in [-0.2, -0.15) is 0 Å². The van der Waals surface area contributed by atoms with Crippen LogP contribution in [-0.4, -0.2) is 28.0 Å². The van der Waals surface area contributed by atoms with E-state index in [0.29, 0.717) is 35.2 Å². The number of hydrogen-bond acceptors (Lipinski definition) is 5. The van der Waals surface area contributed by atoms with Crippen molar-refractivity contribution < 1.29 is 4.39 Å². The van der Waals surface area contributed by atoms with Gasteiger partial charge in [0.05, 0.1) is 16.9 Å². The summed E-state index contributed by atoms with van der Waals surface area (Å²) >= 11 is 0. The van der Waals surface area contributed by atoms with E-state index in [0.717, 1.165) is 35.0 Å². The molecule has 6 heteroatoms. The Morgan fingerprint density at radius 1 is 1.03 bits per heavy atom. The lowest BCUT2D eigenvalue weighted by Gasteiger charge is -2.27. The van der Waals surface area contributed by atoms with Gasteiger partial charge in [0.15, 0.2) is 0 Å². The summed E-state index contributed by atoms with van der Waals surface area (Å²) in [5.41, 5.74) is 10.5. The molecule has 2 aromatic heterocycles. The van der Waals surface area contributed by atoms with Gasteiger partial charge in [0.2, 0.25) is 0 Å². The van der Waals surface area contributed by atoms with Crippen LogP contribution >= 0.6 is 0 Å². The Labute approximate surface area is 193 Å². The lowest BCUT2D eigenvalue weighted by Crippen LogP contribution is -2.29. The molecule has 0 fully saturated rings. The van der Waals surface area contributed by atoms with Gasteiger partial charge in [-0.3, -0.25) is 0 Å². The standard InChI is InChI=1S/C27H28FN5/c1-4-12-33(16-18(3)5-2)25-9-7-21(14-23(25)28)27-22-13-19(6-8-24(22)31-17-32-27)20-10-11-30-26(29)15-20/h4,6-11,13-15,17-18H,1,5,12,16H2,2-3H3,(H2,29,30). The number of nitrogen functional groups attached to an aromatic ring is 1. The number of nitrogens with zero attached hydrogens (tertiary/aromatic N) is 4. The summed E-state index contributed by atoms with van der Waals surface area (Å²) in [5, 5.41) is 0.847. The average molecular weight is 442 g/mol. The average Bonchev–Trinajstić information content (AvgIpc) is 2.83. The third-order valence-corrected chi connectivity index (χ3v) is 5.89. The molecule has 0 saturated heterocycles. The monoisotopic (exact) mass is 441 g/mol. The lowest BCUT2D eigenvalue weighted by molar-refractivity contribution is 0.542. The first kappa shape index (κ1) is 22.4. The van der Waals surface area contributed by atoms with Crippen molar-refractivity contribution >= 4 is 22.4 Å². The first-order valence-corrected chi connectivity index (χ1v) is 11.1. The van der Waals surface area contributed by atoms with Crippen LogP contribution in [0.1, 0.15) is 20.3 Å². The summed E-state index contributed by atoms with van der Waals surface area (Å²) in [6.45, 7) is 9.51. The summed E-state index contributed by atoms with van der Waals surface area (Å²) in [5.74, 6) is 0.634. The molecule has 1 unspecified atom stereocenters. The van der Waals surface area contributed by atoms with Crippen LogP contribution in [0, 0.1) is 11.7 Å². The van der Waals surface area contributed by atoms with Crippen molar-refractivity contribution in [2.75, 3.05) is 23.7 Å². The second-order valence-electron chi connectivity index (χ2n) is 8.30. The molecule has 0 amide bonds. The number of aromatic nitrogens is 3. The van der Waals surface area contributed by atoms with Gasteiger partial charge in [-0.25, -0.2) is 19.3 Å². The highest BCUT2D eigenvalue weighted by Gasteiger charge is 2.16. The van der Waals surface area contributed by atoms with Gasteiger partial charge < -0.3 is 10.6 Å². The van der Waals surface area contributed by atoms with Gasteiger partial charge in [-0.05, 0) is 53.4 Å². The normalized spacial score (nSPS) is 12.0. The van der Waals surface area contributed by atoms with Gasteiger partial charge in [0.1, 0.15) is 18.0 Å². The Hall–Kier alpha value is -3.80. The third kappa shape index (κ3) is 4.85. The molecule has 2 N–H and O–H groups in total. The van der Waals surface area contributed by atoms with E-state index in [1.54, 1.807) is 18.3 Å². The topological polar surface area (TPSA) is 67.9 Å². The number of halogens is 1. The van der Waals surface area contributed by atoms with E-state index < -0.39 is 0 Å². The van der Waals surface area contributed by atoms with Crippen LogP contribution in [0.25, 0.3) is 33.3 Å². The summed E-state index contributed by atoms with van der Waals surface area (Å²) < 4.78 is 15.3. The Kier molecular flexibility index (Phi) is 6.63. The van der Waals surface area contributed by atoms with Gasteiger partial charge >= 0.3 is 0 Å². The first-order chi connectivity index (χ1) is 16.0. The number of pyridine rings is 1. The zero-order chi connectivity index (χ0) is 23.4. The maximum absolute atomic E-state index is 15.3. The summed E-state index contributed by atoms with van der Waals surface area (Å²) in [6.07, 6.45) is 6.03. The van der Waals surface area contributed by atoms with E-state index in [2.05, 4.69) is 35.4 Å². The van der Waals surface area contributed by atoms with Crippen LogP contribution in [0.4, 0.5) is 15.9 Å². The van der Waals surface area contributed by atoms with Crippen LogP contribution < -0.4 is 10.6 Å². The van der Waals surface area contributed by atoms with E-state index >= 15 is 4.39 Å². The Morgan fingerprint density at radius 3 is 2.55 bits per heavy atom. The van der Waals surface area contributed by atoms with Gasteiger partial charge in [-0.15, -0.1) is 6.58 Å². The minimum absolute atomic E-state index is 0.275. The fourth-order valence-electron chi connectivity index (χ4n) is 3.94. The highest BCUT2D eigenvalue weighted by atomic mass is 19.1. The number of hydrogen-bond donors (Lipinski definition) is 1. The van der Waals surface area contributed by atoms with Crippen molar-refractivity contribution in [3.8, 4) is 22.4 Å². The fraction of sp³-hybridized carbons (Fsp3) is 0.222. The maximum Gasteiger partial charge on any atom is 0.147 e. The van der Waals surface area contributed by atoms with Crippen LogP contribution in [0.15, 0.2) is 73.7 Å². The number of benzene rings is 2. The number of rotatable bonds is 8. The highest BCUT2D eigenvalue weighted by molar-refractivity contribution is 5.95. The molecule has 2 heterocycles. The fourth-order valence-corrected chi connectivity index (χ4v) is 3.94. The number of fused-ring (bicyclic) bond motifs is 1. The minimum atomic E-state index is -0.275. The number of anilines is 2. The molecule has 0 aliphatic heterocycles. The summed E-state index contributed by atoms with van der Waals surface area (Å²) in [4.78, 5) is 15.0. The zero-order valence-corrected chi connectivity index (χ0v) is 19.0. The molecule has 1 atom stereocenters. The predicted molar refractivity (Wildman–Crippen MR) is 134 cm³/mol. The van der Waals surface area contributed by atoms with Crippen LogP contribution in [0.5, 0.6) is 0 Å². The quantitative estimate of drug-likeness (QED) is 0.334. The predicted octanol–water partition coefficient (Wildman–Crippen LogP) is 6.12. The molecular formula is C27H28FN5. The SMILES string of the molecule is C=CCN(CC(C)CC)c1ccc(-c2ncnc3ccc(-c4ccnc(N)c4)cc23)cc1F. The molecule has 0 bridgehead atoms. The second kappa shape index (κ2) is 9.77. The molecule has 0 spiro atoms. The van der Waals surface area contributed by atoms with Crippen molar-refractivity contribution in [2.24, 2.45) is 5.92 Å². The number of nitrogens with two attached hydrogens (primary N) is 1. The molecule has 0 radical (unpaired) electrons. The molecule has 2 aromatic carbocycles. The van der Waals surface area contributed by atoms with Crippen molar-refractivity contribution in [1.29, 1.82) is 0 Å². The van der Waals surface area contributed by atoms with Crippen LogP contribution in [0.3, 0.4) is 0 Å². The van der Waals surface area contributed by atoms with Crippen LogP contribution in [0.2, 0.25) is 0 Å². The van der Waals surface area contributed by atoms with Crippen LogP contribution in [-0.2, 0) is 0 Å². The van der Waals surface area contributed by atoms with E-state index in [1.165, 1.54) is 6.33 Å². The molecule has 0 aliphatic rings. The zero-order valence-electron chi connectivity index (χ0n) is 19.0. The Morgan fingerprint density at radius 2 is 1.82 bits per heavy atom. The first-order valence-electron chi connectivity index (χ1n) is 11.1. The molecule has 4 rings (SSSR count). The van der Waals surface area contributed by atoms with Gasteiger partial charge in [0.25, 0.3) is 0 Å². The Balaban J connectivity index is 1.76. The van der Waals surface area contributed by atoms with E-state index in [9.17, 15) is 0 Å². The van der Waals surface area contributed by atoms with Gasteiger partial charge in [0, 0.05) is 30.2 Å². The maximum atomic E-state index is 15.3. The van der Waals surface area contributed by atoms with E-state index in [-0.39, 0.29) is 5.82 Å². The van der Waals surface area contributed by atoms with Crippen molar-refractivity contribution in [2.45, 2.75) is 20.3 Å². The largest absolute Gasteiger partial charge is 0.384 e. The third-order valence-electron chi connectivity index (χ3n) is 5.89. The molecule has 4 aromatic rings. The smallest absolute Gasteiger partial charge is 0.147 e. The van der Waals surface area contributed by atoms with Crippen molar-refractivity contribution in [1.82, 2.24) is 15.0 Å². The highest BCUT2D eigenvalue weighted by Crippen LogP contribution is 2.32. The van der Waals surface area contributed by atoms with Crippen molar-refractivity contribution in [3.05, 3.63) is 79.5 Å². The molecule has 0 saturated carbocycles. The molecule has 168 valence electrons. The summed E-state index contributed by atoms with van der Waals surface area (Å²) in [7, 11) is 0. The summed E-state index contributed by atoms with van der Waals surface area (Å²) in [6, 6.07) is 15.0. The second-order valence-corrected chi connectivity index (χ2v) is 8.30. The lowest BCUT2D eigenvalue weighted by atomic mass is 10.0. The Bertz CT molecular complexity index is 1290. The van der Waals surface area contributed by atoms with E-state index in [4.69, 9.17) is 5.73 Å². The minimum Gasteiger partial charge on any atom is -0.384 e. The molecule has 5 nitrogen and oxygen atoms in total. The van der Waals surface area contributed by atoms with E-state index in [1.807, 2.05) is 47.4 Å².